The molecule has 0 spiro atoms. The number of amides is 1. The van der Waals surface area contributed by atoms with Crippen LogP contribution in [0.3, 0.4) is 0 Å². The van der Waals surface area contributed by atoms with Gasteiger partial charge in [-0.05, 0) is 55.9 Å². The molecule has 0 unspecified atom stereocenters. The molecule has 0 radical (unpaired) electrons. The van der Waals surface area contributed by atoms with E-state index >= 15 is 0 Å². The number of benzene rings is 1. The molecule has 0 saturated carbocycles. The predicted molar refractivity (Wildman–Crippen MR) is 96.6 cm³/mol. The summed E-state index contributed by atoms with van der Waals surface area (Å²) in [6, 6.07) is 4.12. The lowest BCUT2D eigenvalue weighted by molar-refractivity contribution is -0.118. The molecule has 140 valence electrons. The van der Waals surface area contributed by atoms with Gasteiger partial charge >= 0.3 is 0 Å². The molecule has 1 aliphatic heterocycles. The minimum absolute atomic E-state index is 0.0453. The first-order valence-electron chi connectivity index (χ1n) is 8.74. The number of halogens is 2. The lowest BCUT2D eigenvalue weighted by Crippen LogP contribution is -2.36. The maximum atomic E-state index is 13.6. The molecule has 1 aromatic carbocycles. The molecule has 0 fully saturated rings. The van der Waals surface area contributed by atoms with E-state index < -0.39 is 17.2 Å². The Bertz CT molecular complexity index is 1020. The van der Waals surface area contributed by atoms with Crippen molar-refractivity contribution in [3.63, 3.8) is 0 Å². The molecular formula is C20H19F2N3O2. The normalized spacial score (nSPS) is 13.2. The second-order valence-electron chi connectivity index (χ2n) is 6.71. The van der Waals surface area contributed by atoms with E-state index in [1.807, 2.05) is 6.07 Å². The van der Waals surface area contributed by atoms with E-state index in [0.29, 0.717) is 48.3 Å². The van der Waals surface area contributed by atoms with Crippen molar-refractivity contribution in [3.8, 4) is 6.07 Å². The lowest BCUT2D eigenvalue weighted by atomic mass is 9.97. The van der Waals surface area contributed by atoms with Gasteiger partial charge in [0.05, 0.1) is 0 Å². The summed E-state index contributed by atoms with van der Waals surface area (Å²) in [4.78, 5) is 28.7. The zero-order valence-electron chi connectivity index (χ0n) is 15.2. The summed E-state index contributed by atoms with van der Waals surface area (Å²) in [5, 5.41) is 9.14. The Morgan fingerprint density at radius 2 is 2.00 bits per heavy atom. The third-order valence-electron chi connectivity index (χ3n) is 5.05. The van der Waals surface area contributed by atoms with Crippen molar-refractivity contribution in [1.29, 1.82) is 5.26 Å². The van der Waals surface area contributed by atoms with Crippen LogP contribution in [0.25, 0.3) is 0 Å². The minimum atomic E-state index is -0.973. The van der Waals surface area contributed by atoms with Crippen LogP contribution in [0.1, 0.15) is 40.8 Å². The van der Waals surface area contributed by atoms with Gasteiger partial charge in [-0.1, -0.05) is 0 Å². The van der Waals surface area contributed by atoms with Gasteiger partial charge < -0.3 is 9.88 Å². The molecule has 7 heteroatoms. The van der Waals surface area contributed by atoms with Crippen LogP contribution in [-0.4, -0.2) is 17.4 Å². The van der Waals surface area contributed by atoms with E-state index in [2.05, 4.69) is 4.98 Å². The first-order valence-corrected chi connectivity index (χ1v) is 8.74. The van der Waals surface area contributed by atoms with Crippen LogP contribution in [0.2, 0.25) is 0 Å². The summed E-state index contributed by atoms with van der Waals surface area (Å²) in [5.41, 5.74) is 2.58. The van der Waals surface area contributed by atoms with Crippen molar-refractivity contribution in [2.45, 2.75) is 39.5 Å². The van der Waals surface area contributed by atoms with Crippen LogP contribution in [0.15, 0.2) is 16.9 Å². The Hall–Kier alpha value is -3.01. The Morgan fingerprint density at radius 3 is 2.70 bits per heavy atom. The van der Waals surface area contributed by atoms with E-state index in [1.54, 1.807) is 13.8 Å². The van der Waals surface area contributed by atoms with Crippen molar-refractivity contribution >= 4 is 11.6 Å². The number of rotatable bonds is 3. The van der Waals surface area contributed by atoms with Gasteiger partial charge in [0, 0.05) is 30.4 Å². The van der Waals surface area contributed by atoms with E-state index in [1.165, 1.54) is 4.90 Å². The average Bonchev–Trinajstić information content (AvgIpc) is 2.62. The van der Waals surface area contributed by atoms with Crippen LogP contribution >= 0.6 is 0 Å². The fourth-order valence-corrected chi connectivity index (χ4v) is 3.62. The van der Waals surface area contributed by atoms with Crippen LogP contribution in [-0.2, 0) is 17.6 Å². The number of nitriles is 1. The molecule has 1 aromatic heterocycles. The Morgan fingerprint density at radius 1 is 1.30 bits per heavy atom. The molecule has 1 aliphatic rings. The largest absolute Gasteiger partial charge is 0.325 e. The molecule has 5 nitrogen and oxygen atoms in total. The highest BCUT2D eigenvalue weighted by atomic mass is 19.2. The smallest absolute Gasteiger partial charge is 0.266 e. The highest BCUT2D eigenvalue weighted by Crippen LogP contribution is 2.30. The number of nitrogens with zero attached hydrogens (tertiary/aromatic N) is 2. The standard InChI is InChI=1S/C20H19F2N3O2/c1-11-14(12(2)24-20(27)15(11)10-23)5-6-19(26)25-7-3-4-13-8-16(21)17(22)9-18(13)25/h8-9H,3-7H2,1-2H3,(H,24,27). The average molecular weight is 371 g/mol. The Labute approximate surface area is 155 Å². The summed E-state index contributed by atoms with van der Waals surface area (Å²) in [5.74, 6) is -2.09. The van der Waals surface area contributed by atoms with E-state index in [-0.39, 0.29) is 17.9 Å². The third kappa shape index (κ3) is 3.47. The fraction of sp³-hybridized carbons (Fsp3) is 0.350. The predicted octanol–water partition coefficient (Wildman–Crippen LogP) is 3.05. The summed E-state index contributed by atoms with van der Waals surface area (Å²) in [6.45, 7) is 3.86. The molecule has 0 aliphatic carbocycles. The second-order valence-corrected chi connectivity index (χ2v) is 6.71. The highest BCUT2D eigenvalue weighted by Gasteiger charge is 2.25. The second kappa shape index (κ2) is 7.31. The van der Waals surface area contributed by atoms with Crippen molar-refractivity contribution in [2.75, 3.05) is 11.4 Å². The van der Waals surface area contributed by atoms with Gasteiger partial charge in [0.2, 0.25) is 5.91 Å². The van der Waals surface area contributed by atoms with Crippen LogP contribution in [0.4, 0.5) is 14.5 Å². The maximum absolute atomic E-state index is 13.6. The third-order valence-corrected chi connectivity index (χ3v) is 5.05. The van der Waals surface area contributed by atoms with Crippen LogP contribution < -0.4 is 10.5 Å². The fourth-order valence-electron chi connectivity index (χ4n) is 3.62. The Balaban J connectivity index is 1.84. The summed E-state index contributed by atoms with van der Waals surface area (Å²) in [6.07, 6.45) is 1.76. The zero-order chi connectivity index (χ0) is 19.7. The monoisotopic (exact) mass is 371 g/mol. The number of H-pyrrole nitrogens is 1. The van der Waals surface area contributed by atoms with Gasteiger partial charge in [-0.15, -0.1) is 0 Å². The van der Waals surface area contributed by atoms with Crippen LogP contribution in [0.5, 0.6) is 0 Å². The van der Waals surface area contributed by atoms with Gasteiger partial charge in [0.1, 0.15) is 11.6 Å². The van der Waals surface area contributed by atoms with E-state index in [9.17, 15) is 18.4 Å². The molecule has 3 rings (SSSR count). The number of nitrogens with one attached hydrogen (secondary N) is 1. The van der Waals surface area contributed by atoms with Gasteiger partial charge in [-0.2, -0.15) is 5.26 Å². The molecule has 2 heterocycles. The molecular weight excluding hydrogens is 352 g/mol. The van der Waals surface area contributed by atoms with E-state index in [0.717, 1.165) is 17.7 Å². The number of hydrogen-bond acceptors (Lipinski definition) is 3. The molecule has 1 N–H and O–H groups in total. The van der Waals surface area contributed by atoms with Crippen molar-refractivity contribution in [3.05, 3.63) is 62.1 Å². The minimum Gasteiger partial charge on any atom is -0.325 e. The van der Waals surface area contributed by atoms with Gasteiger partial charge in [-0.3, -0.25) is 9.59 Å². The van der Waals surface area contributed by atoms with Gasteiger partial charge in [-0.25, -0.2) is 8.78 Å². The number of carbonyl (C=O) groups is 1. The van der Waals surface area contributed by atoms with Crippen molar-refractivity contribution in [1.82, 2.24) is 4.98 Å². The van der Waals surface area contributed by atoms with Crippen molar-refractivity contribution in [2.24, 2.45) is 0 Å². The topological polar surface area (TPSA) is 77.0 Å². The number of carbonyl (C=O) groups excluding carboxylic acids is 1. The molecule has 0 atom stereocenters. The van der Waals surface area contributed by atoms with Crippen molar-refractivity contribution < 1.29 is 13.6 Å². The SMILES string of the molecule is Cc1[nH]c(=O)c(C#N)c(C)c1CCC(=O)N1CCCc2cc(F)c(F)cc21. The summed E-state index contributed by atoms with van der Waals surface area (Å²) >= 11 is 0. The van der Waals surface area contributed by atoms with Gasteiger partial charge in [0.25, 0.3) is 5.56 Å². The number of anilines is 1. The Kier molecular flexibility index (Phi) is 5.08. The maximum Gasteiger partial charge on any atom is 0.266 e. The number of aromatic amines is 1. The van der Waals surface area contributed by atoms with E-state index in [4.69, 9.17) is 5.26 Å². The lowest BCUT2D eigenvalue weighted by Gasteiger charge is -2.30. The highest BCUT2D eigenvalue weighted by molar-refractivity contribution is 5.94. The summed E-state index contributed by atoms with van der Waals surface area (Å²) in [7, 11) is 0. The molecule has 1 amide bonds. The molecule has 0 bridgehead atoms. The first-order chi connectivity index (χ1) is 12.8. The van der Waals surface area contributed by atoms with Gasteiger partial charge in [0.15, 0.2) is 11.6 Å². The summed E-state index contributed by atoms with van der Waals surface area (Å²) < 4.78 is 27.1. The van der Waals surface area contributed by atoms with Crippen LogP contribution in [0, 0.1) is 36.8 Å². The molecule has 27 heavy (non-hydrogen) atoms. The number of pyridine rings is 1. The molecule has 2 aromatic rings. The zero-order valence-corrected chi connectivity index (χ0v) is 15.2. The number of aryl methyl sites for hydroxylation is 2. The first kappa shape index (κ1) is 18.8. The number of hydrogen-bond donors (Lipinski definition) is 1. The quantitative estimate of drug-likeness (QED) is 0.901. The number of aromatic nitrogens is 1. The molecule has 0 saturated heterocycles. The number of fused-ring (bicyclic) bond motifs is 1.